The predicted molar refractivity (Wildman–Crippen MR) is 69.3 cm³/mol. The molecule has 16 heavy (non-hydrogen) atoms. The lowest BCUT2D eigenvalue weighted by atomic mass is 9.73. The van der Waals surface area contributed by atoms with Crippen LogP contribution in [0.25, 0.3) is 0 Å². The number of aryl methyl sites for hydroxylation is 1. The largest absolute Gasteiger partial charge is 0.381 e. The summed E-state index contributed by atoms with van der Waals surface area (Å²) in [7, 11) is 0. The zero-order valence-electron chi connectivity index (χ0n) is 10.2. The highest BCUT2D eigenvalue weighted by Gasteiger charge is 2.44. The van der Waals surface area contributed by atoms with Crippen LogP contribution in [-0.4, -0.2) is 18.6 Å². The lowest BCUT2D eigenvalue weighted by Gasteiger charge is -2.54. The van der Waals surface area contributed by atoms with Crippen LogP contribution in [0.1, 0.15) is 31.7 Å². The number of fused-ring (bicyclic) bond motifs is 1. The van der Waals surface area contributed by atoms with E-state index >= 15 is 0 Å². The van der Waals surface area contributed by atoms with Gasteiger partial charge >= 0.3 is 0 Å². The molecule has 0 bridgehead atoms. The first-order chi connectivity index (χ1) is 7.75. The zero-order valence-corrected chi connectivity index (χ0v) is 10.2. The molecule has 1 aromatic rings. The van der Waals surface area contributed by atoms with E-state index in [0.29, 0.717) is 5.54 Å². The smallest absolute Gasteiger partial charge is 0.0609 e. The molecule has 1 spiro atoms. The van der Waals surface area contributed by atoms with Crippen LogP contribution >= 0.6 is 0 Å². The van der Waals surface area contributed by atoms with E-state index in [4.69, 9.17) is 0 Å². The quantitative estimate of drug-likeness (QED) is 0.775. The average Bonchev–Trinajstić information content (AvgIpc) is 2.25. The van der Waals surface area contributed by atoms with Crippen LogP contribution in [0.15, 0.2) is 18.2 Å². The fourth-order valence-corrected chi connectivity index (χ4v) is 3.16. The summed E-state index contributed by atoms with van der Waals surface area (Å²) in [5.41, 5.74) is 4.50. The first kappa shape index (κ1) is 10.0. The number of nitrogens with zero attached hydrogens (tertiary/aromatic N) is 1. The Labute approximate surface area is 97.6 Å². The number of anilines is 2. The van der Waals surface area contributed by atoms with Gasteiger partial charge in [-0.1, -0.05) is 6.07 Å². The van der Waals surface area contributed by atoms with Gasteiger partial charge in [0.1, 0.15) is 0 Å². The van der Waals surface area contributed by atoms with Crippen molar-refractivity contribution in [1.29, 1.82) is 0 Å². The Morgan fingerprint density at radius 2 is 2.19 bits per heavy atom. The van der Waals surface area contributed by atoms with Crippen molar-refractivity contribution in [3.05, 3.63) is 23.8 Å². The predicted octanol–water partition coefficient (Wildman–Crippen LogP) is 3.17. The summed E-state index contributed by atoms with van der Waals surface area (Å²) < 4.78 is 0. The number of rotatable bonds is 1. The molecule has 1 fully saturated rings. The summed E-state index contributed by atoms with van der Waals surface area (Å²) >= 11 is 0. The molecule has 1 saturated carbocycles. The van der Waals surface area contributed by atoms with Crippen LogP contribution in [0.3, 0.4) is 0 Å². The van der Waals surface area contributed by atoms with Crippen molar-refractivity contribution >= 4 is 11.4 Å². The van der Waals surface area contributed by atoms with Gasteiger partial charge in [-0.2, -0.15) is 0 Å². The molecule has 0 amide bonds. The second-order valence-electron chi connectivity index (χ2n) is 5.20. The maximum absolute atomic E-state index is 3.61. The molecule has 3 rings (SSSR count). The third kappa shape index (κ3) is 1.25. The van der Waals surface area contributed by atoms with Gasteiger partial charge in [0.25, 0.3) is 0 Å². The highest BCUT2D eigenvalue weighted by molar-refractivity contribution is 5.75. The minimum absolute atomic E-state index is 0.426. The van der Waals surface area contributed by atoms with Crippen molar-refractivity contribution in [3.8, 4) is 0 Å². The molecule has 1 aromatic carbocycles. The SMILES string of the molecule is CCN1c2cc(C)ccc2NCC12CCC2. The molecule has 1 aliphatic heterocycles. The maximum Gasteiger partial charge on any atom is 0.0609 e. The van der Waals surface area contributed by atoms with Crippen molar-refractivity contribution < 1.29 is 0 Å². The summed E-state index contributed by atoms with van der Waals surface area (Å²) in [4.78, 5) is 2.62. The third-order valence-corrected chi connectivity index (χ3v) is 4.23. The number of likely N-dealkylation sites (N-methyl/N-ethyl adjacent to an activating group) is 1. The van der Waals surface area contributed by atoms with E-state index in [-0.39, 0.29) is 0 Å². The highest BCUT2D eigenvalue weighted by atomic mass is 15.3. The first-order valence-corrected chi connectivity index (χ1v) is 6.37. The summed E-state index contributed by atoms with van der Waals surface area (Å²) in [6, 6.07) is 6.74. The standard InChI is InChI=1S/C14H20N2/c1-3-16-13-9-11(2)5-6-12(13)15-10-14(16)7-4-8-14/h5-6,9,15H,3-4,7-8,10H2,1-2H3. The van der Waals surface area contributed by atoms with Crippen LogP contribution in [0, 0.1) is 6.92 Å². The molecule has 0 radical (unpaired) electrons. The van der Waals surface area contributed by atoms with Gasteiger partial charge in [0.15, 0.2) is 0 Å². The Bertz CT molecular complexity index is 407. The zero-order chi connectivity index (χ0) is 11.2. The van der Waals surface area contributed by atoms with Gasteiger partial charge in [-0.25, -0.2) is 0 Å². The van der Waals surface area contributed by atoms with Crippen LogP contribution in [0.2, 0.25) is 0 Å². The van der Waals surface area contributed by atoms with Crippen molar-refractivity contribution in [2.24, 2.45) is 0 Å². The molecule has 0 atom stereocenters. The van der Waals surface area contributed by atoms with Crippen LogP contribution in [0.5, 0.6) is 0 Å². The van der Waals surface area contributed by atoms with Crippen molar-refractivity contribution in [1.82, 2.24) is 0 Å². The van der Waals surface area contributed by atoms with E-state index < -0.39 is 0 Å². The van der Waals surface area contributed by atoms with E-state index in [9.17, 15) is 0 Å². The normalized spacial score (nSPS) is 21.2. The molecular formula is C14H20N2. The second kappa shape index (κ2) is 3.41. The molecule has 0 aromatic heterocycles. The topological polar surface area (TPSA) is 15.3 Å². The minimum atomic E-state index is 0.426. The van der Waals surface area contributed by atoms with E-state index in [1.807, 2.05) is 0 Å². The van der Waals surface area contributed by atoms with Crippen molar-refractivity contribution in [3.63, 3.8) is 0 Å². The fourth-order valence-electron chi connectivity index (χ4n) is 3.16. The Hall–Kier alpha value is -1.18. The molecule has 86 valence electrons. The molecule has 0 unspecified atom stereocenters. The van der Waals surface area contributed by atoms with E-state index in [2.05, 4.69) is 42.3 Å². The lowest BCUT2D eigenvalue weighted by Crippen LogP contribution is -2.60. The van der Waals surface area contributed by atoms with Crippen molar-refractivity contribution in [2.75, 3.05) is 23.3 Å². The molecule has 1 N–H and O–H groups in total. The van der Waals surface area contributed by atoms with E-state index in [1.165, 1.54) is 36.2 Å². The van der Waals surface area contributed by atoms with Gasteiger partial charge in [0.2, 0.25) is 0 Å². The number of hydrogen-bond acceptors (Lipinski definition) is 2. The van der Waals surface area contributed by atoms with Gasteiger partial charge < -0.3 is 10.2 Å². The van der Waals surface area contributed by atoms with Gasteiger partial charge in [-0.15, -0.1) is 0 Å². The number of benzene rings is 1. The van der Waals surface area contributed by atoms with Gasteiger partial charge in [-0.05, 0) is 50.8 Å². The molecule has 2 heteroatoms. The monoisotopic (exact) mass is 216 g/mol. The molecule has 1 aliphatic carbocycles. The summed E-state index contributed by atoms with van der Waals surface area (Å²) in [6.07, 6.45) is 4.09. The molecular weight excluding hydrogens is 196 g/mol. The van der Waals surface area contributed by atoms with E-state index in [0.717, 1.165) is 13.1 Å². The van der Waals surface area contributed by atoms with E-state index in [1.54, 1.807) is 0 Å². The average molecular weight is 216 g/mol. The van der Waals surface area contributed by atoms with Gasteiger partial charge in [0.05, 0.1) is 16.9 Å². The Kier molecular flexibility index (Phi) is 2.13. The Morgan fingerprint density at radius 1 is 1.38 bits per heavy atom. The maximum atomic E-state index is 3.61. The minimum Gasteiger partial charge on any atom is -0.381 e. The molecule has 0 saturated heterocycles. The van der Waals surface area contributed by atoms with Crippen molar-refractivity contribution in [2.45, 2.75) is 38.6 Å². The third-order valence-electron chi connectivity index (χ3n) is 4.23. The molecule has 2 nitrogen and oxygen atoms in total. The van der Waals surface area contributed by atoms with Gasteiger partial charge in [0, 0.05) is 13.1 Å². The Balaban J connectivity index is 2.05. The van der Waals surface area contributed by atoms with Crippen LogP contribution < -0.4 is 10.2 Å². The number of hydrogen-bond donors (Lipinski definition) is 1. The van der Waals surface area contributed by atoms with Gasteiger partial charge in [-0.3, -0.25) is 0 Å². The Morgan fingerprint density at radius 3 is 2.81 bits per heavy atom. The fraction of sp³-hybridized carbons (Fsp3) is 0.571. The first-order valence-electron chi connectivity index (χ1n) is 6.37. The van der Waals surface area contributed by atoms with Crippen LogP contribution in [-0.2, 0) is 0 Å². The highest BCUT2D eigenvalue weighted by Crippen LogP contribution is 2.46. The second-order valence-corrected chi connectivity index (χ2v) is 5.20. The summed E-state index contributed by atoms with van der Waals surface area (Å²) in [6.45, 7) is 6.70. The summed E-state index contributed by atoms with van der Waals surface area (Å²) in [5, 5.41) is 3.61. The molecule has 2 aliphatic rings. The summed E-state index contributed by atoms with van der Waals surface area (Å²) in [5.74, 6) is 0. The molecule has 1 heterocycles. The lowest BCUT2D eigenvalue weighted by molar-refractivity contribution is 0.240. The number of nitrogens with one attached hydrogen (secondary N) is 1. The van der Waals surface area contributed by atoms with Crippen LogP contribution in [0.4, 0.5) is 11.4 Å².